The van der Waals surface area contributed by atoms with Crippen LogP contribution in [0.1, 0.15) is 37.7 Å². The third kappa shape index (κ3) is 2.92. The smallest absolute Gasteiger partial charge is 0.231 e. The van der Waals surface area contributed by atoms with E-state index in [-0.39, 0.29) is 6.10 Å². The van der Waals surface area contributed by atoms with Gasteiger partial charge in [-0.25, -0.2) is 0 Å². The molecule has 0 aromatic heterocycles. The second-order valence-electron chi connectivity index (χ2n) is 5.36. The minimum atomic E-state index is -0.328. The quantitative estimate of drug-likeness (QED) is 0.905. The molecule has 3 heteroatoms. The van der Waals surface area contributed by atoms with Crippen molar-refractivity contribution in [1.82, 2.24) is 0 Å². The molecule has 0 amide bonds. The Labute approximate surface area is 113 Å². The standard InChI is InChI=1S/C16H20O3/c17-14(13-4-2-1-3-5-13)8-6-12-7-9-15-16(10-12)19-11-18-15/h6-10,13-14,17H,1-5,11H2/b8-6+. The van der Waals surface area contributed by atoms with Crippen molar-refractivity contribution in [3.63, 3.8) is 0 Å². The van der Waals surface area contributed by atoms with Crippen molar-refractivity contribution in [2.75, 3.05) is 6.79 Å². The van der Waals surface area contributed by atoms with Crippen LogP contribution in [0.25, 0.3) is 6.08 Å². The molecule has 1 aliphatic heterocycles. The summed E-state index contributed by atoms with van der Waals surface area (Å²) in [5, 5.41) is 10.2. The van der Waals surface area contributed by atoms with E-state index < -0.39 is 0 Å². The van der Waals surface area contributed by atoms with Crippen molar-refractivity contribution in [3.05, 3.63) is 29.8 Å². The zero-order chi connectivity index (χ0) is 13.1. The lowest BCUT2D eigenvalue weighted by Gasteiger charge is -2.24. The monoisotopic (exact) mass is 260 g/mol. The first-order chi connectivity index (χ1) is 9.33. The van der Waals surface area contributed by atoms with Crippen LogP contribution in [0.3, 0.4) is 0 Å². The highest BCUT2D eigenvalue weighted by Crippen LogP contribution is 2.33. The number of hydrogen-bond acceptors (Lipinski definition) is 3. The number of rotatable bonds is 3. The van der Waals surface area contributed by atoms with Gasteiger partial charge in [0, 0.05) is 0 Å². The summed E-state index contributed by atoms with van der Waals surface area (Å²) in [4.78, 5) is 0. The maximum atomic E-state index is 10.2. The van der Waals surface area contributed by atoms with Crippen molar-refractivity contribution in [3.8, 4) is 11.5 Å². The van der Waals surface area contributed by atoms with E-state index in [9.17, 15) is 5.11 Å². The summed E-state index contributed by atoms with van der Waals surface area (Å²) in [6.07, 6.45) is 9.66. The summed E-state index contributed by atoms with van der Waals surface area (Å²) in [5.74, 6) is 2.01. The number of aliphatic hydroxyl groups excluding tert-OH is 1. The molecule has 0 bridgehead atoms. The van der Waals surface area contributed by atoms with Gasteiger partial charge in [-0.2, -0.15) is 0 Å². The SMILES string of the molecule is OC(/C=C/c1ccc2c(c1)OCO2)C1CCCCC1. The largest absolute Gasteiger partial charge is 0.454 e. The molecule has 2 aliphatic rings. The zero-order valence-electron chi connectivity index (χ0n) is 11.0. The number of fused-ring (bicyclic) bond motifs is 1. The maximum Gasteiger partial charge on any atom is 0.231 e. The summed E-state index contributed by atoms with van der Waals surface area (Å²) in [7, 11) is 0. The maximum absolute atomic E-state index is 10.2. The Morgan fingerprint density at radius 2 is 1.89 bits per heavy atom. The molecule has 1 aliphatic carbocycles. The van der Waals surface area contributed by atoms with Gasteiger partial charge in [0.1, 0.15) is 0 Å². The third-order valence-corrected chi connectivity index (χ3v) is 4.02. The molecular formula is C16H20O3. The highest BCUT2D eigenvalue weighted by molar-refractivity contribution is 5.56. The van der Waals surface area contributed by atoms with Crippen LogP contribution in [0, 0.1) is 5.92 Å². The second kappa shape index (κ2) is 5.66. The molecule has 1 saturated carbocycles. The lowest BCUT2D eigenvalue weighted by atomic mass is 9.85. The molecule has 0 radical (unpaired) electrons. The summed E-state index contributed by atoms with van der Waals surface area (Å²) < 4.78 is 10.6. The van der Waals surface area contributed by atoms with E-state index in [1.807, 2.05) is 30.4 Å². The van der Waals surface area contributed by atoms with E-state index in [2.05, 4.69) is 0 Å². The highest BCUT2D eigenvalue weighted by Gasteiger charge is 2.19. The van der Waals surface area contributed by atoms with Gasteiger partial charge in [0.05, 0.1) is 6.10 Å². The van der Waals surface area contributed by atoms with Gasteiger partial charge in [0.25, 0.3) is 0 Å². The Bertz CT molecular complexity index is 461. The Morgan fingerprint density at radius 3 is 2.74 bits per heavy atom. The van der Waals surface area contributed by atoms with Gasteiger partial charge in [-0.05, 0) is 36.5 Å². The summed E-state index contributed by atoms with van der Waals surface area (Å²) in [5.41, 5.74) is 1.04. The first-order valence-corrected chi connectivity index (χ1v) is 7.09. The number of benzene rings is 1. The topological polar surface area (TPSA) is 38.7 Å². The molecular weight excluding hydrogens is 240 g/mol. The van der Waals surface area contributed by atoms with Crippen molar-refractivity contribution in [2.45, 2.75) is 38.2 Å². The zero-order valence-corrected chi connectivity index (χ0v) is 11.0. The third-order valence-electron chi connectivity index (χ3n) is 4.02. The van der Waals surface area contributed by atoms with Crippen LogP contribution in [0.5, 0.6) is 11.5 Å². The lowest BCUT2D eigenvalue weighted by Crippen LogP contribution is -2.20. The Morgan fingerprint density at radius 1 is 1.11 bits per heavy atom. The minimum Gasteiger partial charge on any atom is -0.454 e. The van der Waals surface area contributed by atoms with Crippen LogP contribution in [0.2, 0.25) is 0 Å². The molecule has 19 heavy (non-hydrogen) atoms. The predicted octanol–water partition coefficient (Wildman–Crippen LogP) is 3.37. The van der Waals surface area contributed by atoms with E-state index in [1.165, 1.54) is 19.3 Å². The molecule has 1 heterocycles. The number of aliphatic hydroxyl groups is 1. The molecule has 3 nitrogen and oxygen atoms in total. The fourth-order valence-electron chi connectivity index (χ4n) is 2.86. The average Bonchev–Trinajstić information content (AvgIpc) is 2.93. The van der Waals surface area contributed by atoms with E-state index >= 15 is 0 Å². The van der Waals surface area contributed by atoms with Gasteiger partial charge in [-0.3, -0.25) is 0 Å². The van der Waals surface area contributed by atoms with E-state index in [4.69, 9.17) is 9.47 Å². The van der Waals surface area contributed by atoms with Crippen molar-refractivity contribution in [2.24, 2.45) is 5.92 Å². The van der Waals surface area contributed by atoms with Crippen molar-refractivity contribution >= 4 is 6.08 Å². The summed E-state index contributed by atoms with van der Waals surface area (Å²) in [6, 6.07) is 5.85. The van der Waals surface area contributed by atoms with Crippen LogP contribution in [-0.2, 0) is 0 Å². The molecule has 1 unspecified atom stereocenters. The Hall–Kier alpha value is -1.48. The van der Waals surface area contributed by atoms with E-state index in [0.29, 0.717) is 12.7 Å². The van der Waals surface area contributed by atoms with E-state index in [1.54, 1.807) is 0 Å². The van der Waals surface area contributed by atoms with Crippen molar-refractivity contribution < 1.29 is 14.6 Å². The summed E-state index contributed by atoms with van der Waals surface area (Å²) >= 11 is 0. The molecule has 1 fully saturated rings. The lowest BCUT2D eigenvalue weighted by molar-refractivity contribution is 0.126. The van der Waals surface area contributed by atoms with E-state index in [0.717, 1.165) is 29.9 Å². The van der Waals surface area contributed by atoms with Gasteiger partial charge in [-0.1, -0.05) is 37.5 Å². The fraction of sp³-hybridized carbons (Fsp3) is 0.500. The minimum absolute atomic E-state index is 0.299. The second-order valence-corrected chi connectivity index (χ2v) is 5.36. The van der Waals surface area contributed by atoms with Gasteiger partial charge >= 0.3 is 0 Å². The normalized spacial score (nSPS) is 20.9. The van der Waals surface area contributed by atoms with Crippen LogP contribution < -0.4 is 9.47 Å². The average molecular weight is 260 g/mol. The van der Waals surface area contributed by atoms with Gasteiger partial charge in [0.15, 0.2) is 11.5 Å². The number of ether oxygens (including phenoxy) is 2. The first-order valence-electron chi connectivity index (χ1n) is 7.09. The van der Waals surface area contributed by atoms with Crippen LogP contribution in [-0.4, -0.2) is 18.0 Å². The van der Waals surface area contributed by atoms with Gasteiger partial charge in [-0.15, -0.1) is 0 Å². The highest BCUT2D eigenvalue weighted by atomic mass is 16.7. The molecule has 3 rings (SSSR count). The van der Waals surface area contributed by atoms with Crippen LogP contribution >= 0.6 is 0 Å². The van der Waals surface area contributed by atoms with Crippen LogP contribution in [0.15, 0.2) is 24.3 Å². The van der Waals surface area contributed by atoms with Crippen LogP contribution in [0.4, 0.5) is 0 Å². The van der Waals surface area contributed by atoms with Crippen molar-refractivity contribution in [1.29, 1.82) is 0 Å². The number of hydrogen-bond donors (Lipinski definition) is 1. The Balaban J connectivity index is 1.65. The molecule has 1 atom stereocenters. The predicted molar refractivity (Wildman–Crippen MR) is 74.2 cm³/mol. The Kier molecular flexibility index (Phi) is 3.74. The molecule has 102 valence electrons. The molecule has 0 saturated heterocycles. The fourth-order valence-corrected chi connectivity index (χ4v) is 2.86. The summed E-state index contributed by atoms with van der Waals surface area (Å²) in [6.45, 7) is 0.299. The molecule has 0 spiro atoms. The van der Waals surface area contributed by atoms with Gasteiger partial charge in [0.2, 0.25) is 6.79 Å². The molecule has 1 N–H and O–H groups in total. The molecule has 1 aromatic carbocycles. The molecule has 1 aromatic rings. The van der Waals surface area contributed by atoms with Gasteiger partial charge < -0.3 is 14.6 Å². The first kappa shape index (κ1) is 12.5.